The monoisotopic (exact) mass is 739 g/mol. The molecule has 58 heavy (non-hydrogen) atoms. The highest BCUT2D eigenvalue weighted by Crippen LogP contribution is 2.43. The Kier molecular flexibility index (Phi) is 7.80. The van der Waals surface area contributed by atoms with Crippen LogP contribution in [0.4, 0.5) is 5.69 Å². The van der Waals surface area contributed by atoms with Gasteiger partial charge >= 0.3 is 0 Å². The number of hydrogen-bond donors (Lipinski definition) is 0. The molecule has 5 heteroatoms. The van der Waals surface area contributed by atoms with Gasteiger partial charge in [0.15, 0.2) is 11.5 Å². The molecule has 0 bridgehead atoms. The third-order valence-electron chi connectivity index (χ3n) is 11.2. The predicted octanol–water partition coefficient (Wildman–Crippen LogP) is 13.9. The summed E-state index contributed by atoms with van der Waals surface area (Å²) in [6.07, 6.45) is 0. The second-order valence-corrected chi connectivity index (χ2v) is 14.5. The van der Waals surface area contributed by atoms with Crippen LogP contribution >= 0.6 is 0 Å². The maximum Gasteiger partial charge on any atom is 0.188 e. The molecule has 0 radical (unpaired) electrons. The maximum atomic E-state index is 7.84. The van der Waals surface area contributed by atoms with Gasteiger partial charge < -0.3 is 9.13 Å². The summed E-state index contributed by atoms with van der Waals surface area (Å²) in [5.74, 6) is 0.669. The van der Waals surface area contributed by atoms with E-state index < -0.39 is 0 Å². The normalized spacial score (nSPS) is 11.4. The van der Waals surface area contributed by atoms with Crippen LogP contribution in [-0.2, 0) is 0 Å². The van der Waals surface area contributed by atoms with Gasteiger partial charge in [-0.1, -0.05) is 152 Å². The van der Waals surface area contributed by atoms with Crippen LogP contribution in [0.3, 0.4) is 0 Å². The van der Waals surface area contributed by atoms with E-state index in [2.05, 4.69) is 166 Å². The van der Waals surface area contributed by atoms with E-state index in [0.29, 0.717) is 11.5 Å². The molecular weight excluding hydrogens is 707 g/mol. The molecule has 0 aliphatic carbocycles. The van der Waals surface area contributed by atoms with Gasteiger partial charge in [-0.05, 0) is 53.9 Å². The molecule has 11 rings (SSSR count). The zero-order chi connectivity index (χ0) is 38.6. The van der Waals surface area contributed by atoms with Crippen molar-refractivity contribution in [1.82, 2.24) is 19.1 Å². The van der Waals surface area contributed by atoms with E-state index >= 15 is 0 Å². The van der Waals surface area contributed by atoms with E-state index in [0.717, 1.165) is 83.4 Å². The van der Waals surface area contributed by atoms with Crippen LogP contribution in [0, 0.1) is 6.57 Å². The lowest BCUT2D eigenvalue weighted by molar-refractivity contribution is 1.15. The Morgan fingerprint density at radius 2 is 0.862 bits per heavy atom. The van der Waals surface area contributed by atoms with Gasteiger partial charge in [0.25, 0.3) is 0 Å². The third kappa shape index (κ3) is 5.39. The summed E-state index contributed by atoms with van der Waals surface area (Å²) < 4.78 is 4.76. The Hall–Kier alpha value is -8.07. The molecule has 0 aliphatic heterocycles. The molecule has 0 N–H and O–H groups in total. The Balaban J connectivity index is 1.22. The summed E-state index contributed by atoms with van der Waals surface area (Å²) in [6.45, 7) is 7.84. The van der Waals surface area contributed by atoms with Crippen molar-refractivity contribution in [3.8, 4) is 56.4 Å². The Morgan fingerprint density at radius 1 is 0.362 bits per heavy atom. The summed E-state index contributed by atoms with van der Waals surface area (Å²) in [4.78, 5) is 14.1. The summed E-state index contributed by atoms with van der Waals surface area (Å²) >= 11 is 0. The van der Waals surface area contributed by atoms with Crippen molar-refractivity contribution >= 4 is 49.3 Å². The number of aromatic nitrogens is 4. The van der Waals surface area contributed by atoms with Gasteiger partial charge in [0.05, 0.1) is 51.4 Å². The molecule has 0 aliphatic rings. The first-order valence-corrected chi connectivity index (χ1v) is 19.4. The third-order valence-corrected chi connectivity index (χ3v) is 11.2. The van der Waals surface area contributed by atoms with Crippen LogP contribution in [0.1, 0.15) is 0 Å². The first kappa shape index (κ1) is 33.3. The number of rotatable bonds is 6. The van der Waals surface area contributed by atoms with Gasteiger partial charge in [0.2, 0.25) is 0 Å². The van der Waals surface area contributed by atoms with Crippen LogP contribution < -0.4 is 0 Å². The summed E-state index contributed by atoms with van der Waals surface area (Å²) in [7, 11) is 0. The van der Waals surface area contributed by atoms with Gasteiger partial charge in [0.1, 0.15) is 0 Å². The Bertz CT molecular complexity index is 3290. The fraction of sp³-hybridized carbons (Fsp3) is 0. The molecule has 0 atom stereocenters. The molecule has 8 aromatic carbocycles. The topological polar surface area (TPSA) is 40.0 Å². The minimum atomic E-state index is 0.615. The standard InChI is InChI=1S/C53H33N5/c1-54-38-29-31-51-44(33-38)42-23-11-15-27-50(42)58(51)52-32-37(46-34-45(35-16-4-2-5-17-35)55-53(56-46)36-18-6-3-7-19-36)28-30-43(52)41-22-10-14-26-49(41)57-47-24-12-8-20-39(47)40-21-9-13-25-48(40)57/h2-34H. The molecule has 0 saturated carbocycles. The molecule has 0 fully saturated rings. The van der Waals surface area contributed by atoms with E-state index in [1.165, 1.54) is 10.8 Å². The summed E-state index contributed by atoms with van der Waals surface area (Å²) in [5, 5.41) is 4.56. The second kappa shape index (κ2) is 13.6. The lowest BCUT2D eigenvalue weighted by atomic mass is 9.97. The van der Waals surface area contributed by atoms with Crippen molar-refractivity contribution in [1.29, 1.82) is 0 Å². The average Bonchev–Trinajstić information content (AvgIpc) is 3.82. The van der Waals surface area contributed by atoms with Crippen molar-refractivity contribution in [3.63, 3.8) is 0 Å². The lowest BCUT2D eigenvalue weighted by Gasteiger charge is -2.20. The van der Waals surface area contributed by atoms with Crippen molar-refractivity contribution in [2.45, 2.75) is 0 Å². The smallest absolute Gasteiger partial charge is 0.188 e. The average molecular weight is 740 g/mol. The molecule has 0 spiro atoms. The van der Waals surface area contributed by atoms with E-state index in [-0.39, 0.29) is 0 Å². The van der Waals surface area contributed by atoms with Crippen LogP contribution in [0.2, 0.25) is 0 Å². The highest BCUT2D eigenvalue weighted by atomic mass is 15.0. The van der Waals surface area contributed by atoms with Gasteiger partial charge in [-0.2, -0.15) is 0 Å². The van der Waals surface area contributed by atoms with Gasteiger partial charge in [-0.15, -0.1) is 0 Å². The predicted molar refractivity (Wildman–Crippen MR) is 239 cm³/mol. The van der Waals surface area contributed by atoms with Crippen molar-refractivity contribution in [2.24, 2.45) is 0 Å². The lowest BCUT2D eigenvalue weighted by Crippen LogP contribution is -2.02. The van der Waals surface area contributed by atoms with Crippen molar-refractivity contribution in [2.75, 3.05) is 0 Å². The fourth-order valence-corrected chi connectivity index (χ4v) is 8.54. The number of hydrogen-bond acceptors (Lipinski definition) is 2. The summed E-state index contributed by atoms with van der Waals surface area (Å²) in [6, 6.07) is 69.8. The maximum absolute atomic E-state index is 7.84. The van der Waals surface area contributed by atoms with Crippen LogP contribution in [0.5, 0.6) is 0 Å². The molecule has 3 heterocycles. The highest BCUT2D eigenvalue weighted by molar-refractivity contribution is 6.12. The van der Waals surface area contributed by atoms with Crippen molar-refractivity contribution < 1.29 is 0 Å². The SMILES string of the molecule is [C-]#[N+]c1ccc2c(c1)c1ccccc1n2-c1cc(-c2cc(-c3ccccc3)nc(-c3ccccc3)n2)ccc1-c1ccccc1-n1c2ccccc2c2ccccc21. The van der Waals surface area contributed by atoms with Crippen LogP contribution in [0.15, 0.2) is 200 Å². The number of fused-ring (bicyclic) bond motifs is 6. The first-order valence-electron chi connectivity index (χ1n) is 19.4. The minimum absolute atomic E-state index is 0.615. The van der Waals surface area contributed by atoms with Crippen molar-refractivity contribution in [3.05, 3.63) is 212 Å². The molecule has 5 nitrogen and oxygen atoms in total. The van der Waals surface area contributed by atoms with E-state index in [9.17, 15) is 0 Å². The summed E-state index contributed by atoms with van der Waals surface area (Å²) in [5.41, 5.74) is 13.9. The molecule has 270 valence electrons. The molecular formula is C53H33N5. The number of para-hydroxylation sites is 4. The van der Waals surface area contributed by atoms with Gasteiger partial charge in [-0.25, -0.2) is 14.8 Å². The fourth-order valence-electron chi connectivity index (χ4n) is 8.54. The zero-order valence-corrected chi connectivity index (χ0v) is 31.3. The van der Waals surface area contributed by atoms with Gasteiger partial charge in [-0.3, -0.25) is 0 Å². The van der Waals surface area contributed by atoms with E-state index in [4.69, 9.17) is 16.5 Å². The second-order valence-electron chi connectivity index (χ2n) is 14.5. The van der Waals surface area contributed by atoms with E-state index in [1.54, 1.807) is 0 Å². The molecule has 0 saturated heterocycles. The van der Waals surface area contributed by atoms with Gasteiger partial charge in [0, 0.05) is 44.0 Å². The molecule has 0 unspecified atom stereocenters. The first-order chi connectivity index (χ1) is 28.7. The number of nitrogens with zero attached hydrogens (tertiary/aromatic N) is 5. The Morgan fingerprint density at radius 3 is 1.52 bits per heavy atom. The molecule has 0 amide bonds. The zero-order valence-electron chi connectivity index (χ0n) is 31.3. The molecule has 3 aromatic heterocycles. The van der Waals surface area contributed by atoms with Crippen LogP contribution in [-0.4, -0.2) is 19.1 Å². The largest absolute Gasteiger partial charge is 0.309 e. The highest BCUT2D eigenvalue weighted by Gasteiger charge is 2.22. The quantitative estimate of drug-likeness (QED) is 0.159. The van der Waals surface area contributed by atoms with Crippen LogP contribution in [0.25, 0.3) is 105 Å². The Labute approximate surface area is 335 Å². The molecule has 11 aromatic rings. The number of benzene rings is 8. The van der Waals surface area contributed by atoms with E-state index in [1.807, 2.05) is 48.5 Å². The minimum Gasteiger partial charge on any atom is -0.309 e.